The first-order valence-corrected chi connectivity index (χ1v) is 7.91. The van der Waals surface area contributed by atoms with Crippen LogP contribution in [0, 0.1) is 5.41 Å². The number of nitrogens with two attached hydrogens (primary N) is 1. The number of benzene rings is 1. The maximum atomic E-state index is 6.28. The Morgan fingerprint density at radius 1 is 1.33 bits per heavy atom. The van der Waals surface area contributed by atoms with Gasteiger partial charge in [0.25, 0.3) is 0 Å². The van der Waals surface area contributed by atoms with Crippen LogP contribution in [0.2, 0.25) is 0 Å². The number of nitrogens with zero attached hydrogens (tertiary/aromatic N) is 1. The highest BCUT2D eigenvalue weighted by atomic mass is 16.5. The van der Waals surface area contributed by atoms with E-state index in [1.807, 2.05) is 0 Å². The average molecular weight is 290 g/mol. The molecule has 0 saturated heterocycles. The molecule has 2 N–H and O–H groups in total. The first kappa shape index (κ1) is 16.3. The summed E-state index contributed by atoms with van der Waals surface area (Å²) in [5, 5.41) is 0. The van der Waals surface area contributed by atoms with Gasteiger partial charge < -0.3 is 10.5 Å². The second-order valence-electron chi connectivity index (χ2n) is 7.53. The van der Waals surface area contributed by atoms with Gasteiger partial charge in [-0.15, -0.1) is 0 Å². The molecule has 0 aliphatic heterocycles. The lowest BCUT2D eigenvalue weighted by molar-refractivity contribution is 0.0684. The summed E-state index contributed by atoms with van der Waals surface area (Å²) < 4.78 is 5.44. The number of aryl methyl sites for hydroxylation is 1. The maximum absolute atomic E-state index is 6.28. The van der Waals surface area contributed by atoms with Gasteiger partial charge >= 0.3 is 0 Å². The van der Waals surface area contributed by atoms with Gasteiger partial charge in [0.15, 0.2) is 0 Å². The van der Waals surface area contributed by atoms with Crippen molar-refractivity contribution in [2.24, 2.45) is 11.1 Å². The van der Waals surface area contributed by atoms with Gasteiger partial charge in [0.2, 0.25) is 0 Å². The monoisotopic (exact) mass is 290 g/mol. The number of fused-ring (bicyclic) bond motifs is 1. The zero-order valence-electron chi connectivity index (χ0n) is 14.2. The highest BCUT2D eigenvalue weighted by molar-refractivity contribution is 5.42. The van der Waals surface area contributed by atoms with E-state index < -0.39 is 0 Å². The van der Waals surface area contributed by atoms with E-state index in [1.54, 1.807) is 7.11 Å². The lowest BCUT2D eigenvalue weighted by Gasteiger charge is -2.47. The molecule has 0 saturated carbocycles. The van der Waals surface area contributed by atoms with E-state index in [2.05, 4.69) is 50.9 Å². The lowest BCUT2D eigenvalue weighted by Crippen LogP contribution is -2.53. The zero-order valence-corrected chi connectivity index (χ0v) is 14.2. The van der Waals surface area contributed by atoms with Gasteiger partial charge in [-0.3, -0.25) is 4.90 Å². The summed E-state index contributed by atoms with van der Waals surface area (Å²) in [4.78, 5) is 2.46. The number of rotatable bonds is 4. The van der Waals surface area contributed by atoms with Crippen molar-refractivity contribution in [1.29, 1.82) is 0 Å². The molecule has 0 amide bonds. The highest BCUT2D eigenvalue weighted by Gasteiger charge is 2.40. The molecule has 1 aromatic carbocycles. The van der Waals surface area contributed by atoms with Crippen LogP contribution in [0.1, 0.15) is 44.7 Å². The number of likely N-dealkylation sites (N-methyl/N-ethyl adjacent to an activating group) is 1. The quantitative estimate of drug-likeness (QED) is 0.925. The van der Waals surface area contributed by atoms with E-state index in [9.17, 15) is 0 Å². The molecule has 2 rings (SSSR count). The number of hydrogen-bond donors (Lipinski definition) is 1. The van der Waals surface area contributed by atoms with Crippen LogP contribution in [-0.2, 0) is 12.0 Å². The zero-order chi connectivity index (χ0) is 15.7. The summed E-state index contributed by atoms with van der Waals surface area (Å²) >= 11 is 0. The van der Waals surface area contributed by atoms with Crippen LogP contribution >= 0.6 is 0 Å². The van der Waals surface area contributed by atoms with Crippen LogP contribution in [-0.4, -0.2) is 32.1 Å². The summed E-state index contributed by atoms with van der Waals surface area (Å²) in [6.07, 6.45) is 3.46. The van der Waals surface area contributed by atoms with Crippen LogP contribution in [0.3, 0.4) is 0 Å². The van der Waals surface area contributed by atoms with Gasteiger partial charge in [-0.25, -0.2) is 0 Å². The minimum absolute atomic E-state index is 0.0601. The van der Waals surface area contributed by atoms with Crippen molar-refractivity contribution >= 4 is 0 Å². The van der Waals surface area contributed by atoms with Crippen molar-refractivity contribution in [2.45, 2.75) is 45.6 Å². The molecular weight excluding hydrogens is 260 g/mol. The summed E-state index contributed by atoms with van der Waals surface area (Å²) in [5.41, 5.74) is 9.27. The Balaban J connectivity index is 2.45. The fourth-order valence-corrected chi connectivity index (χ4v) is 3.67. The Kier molecular flexibility index (Phi) is 4.64. The smallest absolute Gasteiger partial charge is 0.119 e. The Morgan fingerprint density at radius 3 is 2.62 bits per heavy atom. The Labute approximate surface area is 129 Å². The van der Waals surface area contributed by atoms with Crippen LogP contribution in [0.25, 0.3) is 0 Å². The fourth-order valence-electron chi connectivity index (χ4n) is 3.67. The molecule has 1 aliphatic rings. The van der Waals surface area contributed by atoms with E-state index >= 15 is 0 Å². The van der Waals surface area contributed by atoms with Gasteiger partial charge in [-0.2, -0.15) is 0 Å². The van der Waals surface area contributed by atoms with Gasteiger partial charge in [-0.05, 0) is 55.0 Å². The number of hydrogen-bond acceptors (Lipinski definition) is 3. The van der Waals surface area contributed by atoms with Crippen molar-refractivity contribution in [2.75, 3.05) is 27.2 Å². The SMILES string of the molecule is COc1ccc2c(c1)C(CN)(N(C)CC(C)(C)C)CCC2. The topological polar surface area (TPSA) is 38.5 Å². The third kappa shape index (κ3) is 3.24. The minimum atomic E-state index is -0.0601. The van der Waals surface area contributed by atoms with E-state index in [-0.39, 0.29) is 11.0 Å². The van der Waals surface area contributed by atoms with Gasteiger partial charge in [0, 0.05) is 13.1 Å². The van der Waals surface area contributed by atoms with Gasteiger partial charge in [0.1, 0.15) is 5.75 Å². The summed E-state index contributed by atoms with van der Waals surface area (Å²) in [6.45, 7) is 8.52. The molecule has 0 aromatic heterocycles. The molecule has 0 radical (unpaired) electrons. The van der Waals surface area contributed by atoms with Crippen molar-refractivity contribution in [3.05, 3.63) is 29.3 Å². The Morgan fingerprint density at radius 2 is 2.05 bits per heavy atom. The molecule has 21 heavy (non-hydrogen) atoms. The third-order valence-electron chi connectivity index (χ3n) is 4.63. The Hall–Kier alpha value is -1.06. The first-order valence-electron chi connectivity index (χ1n) is 7.91. The summed E-state index contributed by atoms with van der Waals surface area (Å²) in [5.74, 6) is 0.928. The van der Waals surface area contributed by atoms with Crippen LogP contribution in [0.4, 0.5) is 0 Å². The molecule has 118 valence electrons. The van der Waals surface area contributed by atoms with E-state index in [1.165, 1.54) is 17.5 Å². The molecule has 1 unspecified atom stereocenters. The third-order valence-corrected chi connectivity index (χ3v) is 4.63. The number of methoxy groups -OCH3 is 1. The molecule has 1 aliphatic carbocycles. The largest absolute Gasteiger partial charge is 0.497 e. The van der Waals surface area contributed by atoms with E-state index in [0.717, 1.165) is 25.1 Å². The molecule has 1 aromatic rings. The van der Waals surface area contributed by atoms with Crippen LogP contribution < -0.4 is 10.5 Å². The molecule has 0 spiro atoms. The van der Waals surface area contributed by atoms with E-state index in [0.29, 0.717) is 6.54 Å². The summed E-state index contributed by atoms with van der Waals surface area (Å²) in [6, 6.07) is 6.47. The second-order valence-corrected chi connectivity index (χ2v) is 7.53. The second kappa shape index (κ2) is 5.98. The molecule has 0 bridgehead atoms. The number of ether oxygens (including phenoxy) is 1. The van der Waals surface area contributed by atoms with Crippen LogP contribution in [0.5, 0.6) is 5.75 Å². The van der Waals surface area contributed by atoms with E-state index in [4.69, 9.17) is 10.5 Å². The first-order chi connectivity index (χ1) is 9.82. The minimum Gasteiger partial charge on any atom is -0.497 e. The molecule has 3 heteroatoms. The molecule has 3 nitrogen and oxygen atoms in total. The lowest BCUT2D eigenvalue weighted by atomic mass is 9.74. The fraction of sp³-hybridized carbons (Fsp3) is 0.667. The average Bonchev–Trinajstić information content (AvgIpc) is 2.44. The molecule has 1 atom stereocenters. The van der Waals surface area contributed by atoms with Crippen molar-refractivity contribution in [3.63, 3.8) is 0 Å². The molecule has 0 fully saturated rings. The van der Waals surface area contributed by atoms with Gasteiger partial charge in [-0.1, -0.05) is 26.8 Å². The van der Waals surface area contributed by atoms with Crippen LogP contribution in [0.15, 0.2) is 18.2 Å². The van der Waals surface area contributed by atoms with Crippen molar-refractivity contribution in [3.8, 4) is 5.75 Å². The Bertz CT molecular complexity index is 492. The standard InChI is InChI=1S/C18H30N2O/c1-17(2,3)13-20(4)18(12-19)10-6-7-14-8-9-15(21-5)11-16(14)18/h8-9,11H,6-7,10,12-13,19H2,1-5H3. The highest BCUT2D eigenvalue weighted by Crippen LogP contribution is 2.41. The summed E-state index contributed by atoms with van der Waals surface area (Å²) in [7, 11) is 3.94. The van der Waals surface area contributed by atoms with Crippen molar-refractivity contribution in [1.82, 2.24) is 4.90 Å². The maximum Gasteiger partial charge on any atom is 0.119 e. The predicted octanol–water partition coefficient (Wildman–Crippen LogP) is 3.16. The predicted molar refractivity (Wildman–Crippen MR) is 88.7 cm³/mol. The normalized spacial score (nSPS) is 22.2. The van der Waals surface area contributed by atoms with Crippen molar-refractivity contribution < 1.29 is 4.74 Å². The molecular formula is C18H30N2O. The van der Waals surface area contributed by atoms with Gasteiger partial charge in [0.05, 0.1) is 12.6 Å². The molecule has 0 heterocycles.